The standard InChI is InChI=1S/C42H52N8O6/c1-25(2)36(48-42(54)56-4)40(52)50-22-6-8-35(50)38-44-24-33(47-38)29-15-11-27(12-16-29)26-9-13-28(14-10-26)32-23-43-37(46-32)34-7-5-21-49(34)39(51)30-17-19-31(20-18-30)45-41(53)55-3/h9-16,23-25,30-31,34-36H,5-8,17-22H2,1-4H3,(H,43,46)(H,44,47)(H,45,53)(H,48,54)/t30?,31?,34?,35-,36-/m0/s1. The first-order valence-corrected chi connectivity index (χ1v) is 19.7. The third kappa shape index (κ3) is 8.29. The van der Waals surface area contributed by atoms with E-state index in [1.54, 1.807) is 0 Å². The number of nitrogens with one attached hydrogen (secondary N) is 4. The number of amides is 4. The van der Waals surface area contributed by atoms with Crippen molar-refractivity contribution in [2.24, 2.45) is 11.8 Å². The molecule has 2 aromatic heterocycles. The highest BCUT2D eigenvalue weighted by atomic mass is 16.5. The van der Waals surface area contributed by atoms with Crippen molar-refractivity contribution >= 4 is 24.0 Å². The van der Waals surface area contributed by atoms with Crippen LogP contribution in [-0.4, -0.2) is 93.1 Å². The first-order chi connectivity index (χ1) is 27.1. The van der Waals surface area contributed by atoms with Gasteiger partial charge >= 0.3 is 12.2 Å². The predicted octanol–water partition coefficient (Wildman–Crippen LogP) is 6.76. The van der Waals surface area contributed by atoms with Gasteiger partial charge in [-0.1, -0.05) is 62.4 Å². The van der Waals surface area contributed by atoms with Crippen LogP contribution in [-0.2, 0) is 19.1 Å². The van der Waals surface area contributed by atoms with Crippen molar-refractivity contribution in [3.63, 3.8) is 0 Å². The zero-order valence-electron chi connectivity index (χ0n) is 32.5. The Morgan fingerprint density at radius 1 is 0.679 bits per heavy atom. The molecule has 14 heteroatoms. The maximum Gasteiger partial charge on any atom is 0.407 e. The molecule has 4 amide bonds. The van der Waals surface area contributed by atoms with Gasteiger partial charge in [-0.3, -0.25) is 9.59 Å². The molecule has 2 aromatic carbocycles. The van der Waals surface area contributed by atoms with Crippen LogP contribution in [0.2, 0.25) is 0 Å². The molecule has 0 radical (unpaired) electrons. The molecule has 1 aliphatic carbocycles. The molecule has 3 atom stereocenters. The van der Waals surface area contributed by atoms with E-state index in [9.17, 15) is 19.2 Å². The van der Waals surface area contributed by atoms with Gasteiger partial charge in [-0.05, 0) is 79.5 Å². The summed E-state index contributed by atoms with van der Waals surface area (Å²) in [6.45, 7) is 5.13. The van der Waals surface area contributed by atoms with Crippen molar-refractivity contribution in [2.75, 3.05) is 27.3 Å². The molecule has 3 fully saturated rings. The number of methoxy groups -OCH3 is 2. The number of carbonyl (C=O) groups is 4. The summed E-state index contributed by atoms with van der Waals surface area (Å²) < 4.78 is 9.49. The fourth-order valence-corrected chi connectivity index (χ4v) is 8.44. The molecule has 4 heterocycles. The summed E-state index contributed by atoms with van der Waals surface area (Å²) in [6.07, 6.45) is 9.12. The van der Waals surface area contributed by atoms with E-state index in [0.29, 0.717) is 6.54 Å². The smallest absolute Gasteiger partial charge is 0.407 e. The van der Waals surface area contributed by atoms with E-state index in [4.69, 9.17) is 14.5 Å². The Morgan fingerprint density at radius 3 is 1.66 bits per heavy atom. The summed E-state index contributed by atoms with van der Waals surface area (Å²) in [5, 5.41) is 5.57. The molecule has 56 heavy (non-hydrogen) atoms. The minimum atomic E-state index is -0.683. The van der Waals surface area contributed by atoms with E-state index in [2.05, 4.69) is 74.1 Å². The van der Waals surface area contributed by atoms with Gasteiger partial charge in [0, 0.05) is 25.0 Å². The SMILES string of the molecule is COC(=O)NC1CCC(C(=O)N2CCCC2c2ncc(-c3ccc(-c4ccc(-c5cnc([C@@H]6CCCN6C(=O)[C@@H](NC(=O)OC)C(C)C)[nH]5)cc4)cc3)[nH]2)CC1. The molecule has 0 spiro atoms. The number of rotatable bonds is 10. The fourth-order valence-electron chi connectivity index (χ4n) is 8.44. The lowest BCUT2D eigenvalue weighted by Crippen LogP contribution is -2.51. The van der Waals surface area contributed by atoms with Crippen LogP contribution < -0.4 is 10.6 Å². The summed E-state index contributed by atoms with van der Waals surface area (Å²) >= 11 is 0. The van der Waals surface area contributed by atoms with Crippen LogP contribution in [0, 0.1) is 11.8 Å². The average Bonchev–Trinajstić information content (AvgIpc) is 4.07. The predicted molar refractivity (Wildman–Crippen MR) is 210 cm³/mol. The topological polar surface area (TPSA) is 175 Å². The van der Waals surface area contributed by atoms with E-state index in [1.165, 1.54) is 14.2 Å². The van der Waals surface area contributed by atoms with E-state index < -0.39 is 18.2 Å². The Bertz CT molecular complexity index is 2000. The molecule has 7 rings (SSSR count). The summed E-state index contributed by atoms with van der Waals surface area (Å²) in [6, 6.07) is 15.8. The quantitative estimate of drug-likeness (QED) is 0.137. The molecule has 3 aliphatic rings. The van der Waals surface area contributed by atoms with Gasteiger partial charge in [-0.25, -0.2) is 19.6 Å². The summed E-state index contributed by atoms with van der Waals surface area (Å²) in [5.74, 6) is 1.45. The zero-order chi connectivity index (χ0) is 39.3. The minimum absolute atomic E-state index is 0.0405. The molecule has 0 bridgehead atoms. The summed E-state index contributed by atoms with van der Waals surface area (Å²) in [4.78, 5) is 70.9. The summed E-state index contributed by atoms with van der Waals surface area (Å²) in [5.41, 5.74) is 5.93. The van der Waals surface area contributed by atoms with Crippen molar-refractivity contribution in [2.45, 2.75) is 89.4 Å². The van der Waals surface area contributed by atoms with Crippen molar-refractivity contribution in [1.82, 2.24) is 40.4 Å². The number of ether oxygens (including phenoxy) is 2. The first kappa shape index (κ1) is 38.6. The average molecular weight is 765 g/mol. The third-order valence-electron chi connectivity index (χ3n) is 11.6. The molecule has 1 unspecified atom stereocenters. The lowest BCUT2D eigenvalue weighted by Gasteiger charge is -2.32. The second kappa shape index (κ2) is 17.0. The van der Waals surface area contributed by atoms with Gasteiger partial charge in [0.25, 0.3) is 0 Å². The van der Waals surface area contributed by atoms with Crippen molar-refractivity contribution in [3.05, 3.63) is 72.6 Å². The monoisotopic (exact) mass is 764 g/mol. The zero-order valence-corrected chi connectivity index (χ0v) is 32.5. The molecular weight excluding hydrogens is 713 g/mol. The number of benzene rings is 2. The molecule has 4 aromatic rings. The van der Waals surface area contributed by atoms with Crippen molar-refractivity contribution in [1.29, 1.82) is 0 Å². The number of aromatic amines is 2. The Kier molecular flexibility index (Phi) is 11.7. The minimum Gasteiger partial charge on any atom is -0.453 e. The van der Waals surface area contributed by atoms with E-state index in [0.717, 1.165) is 103 Å². The van der Waals surface area contributed by atoms with Crippen LogP contribution in [0.1, 0.15) is 88.9 Å². The molecule has 2 saturated heterocycles. The Morgan fingerprint density at radius 2 is 1.16 bits per heavy atom. The number of H-pyrrole nitrogens is 2. The fraction of sp³-hybridized carbons (Fsp3) is 0.476. The largest absolute Gasteiger partial charge is 0.453 e. The Labute approximate surface area is 327 Å². The summed E-state index contributed by atoms with van der Waals surface area (Å²) in [7, 11) is 2.66. The van der Waals surface area contributed by atoms with Crippen LogP contribution in [0.25, 0.3) is 33.6 Å². The first-order valence-electron chi connectivity index (χ1n) is 19.7. The molecule has 14 nitrogen and oxygen atoms in total. The van der Waals surface area contributed by atoms with Crippen LogP contribution >= 0.6 is 0 Å². The van der Waals surface area contributed by atoms with Gasteiger partial charge in [0.2, 0.25) is 11.8 Å². The maximum atomic E-state index is 13.6. The van der Waals surface area contributed by atoms with Gasteiger partial charge in [-0.2, -0.15) is 0 Å². The third-order valence-corrected chi connectivity index (χ3v) is 11.6. The number of nitrogens with zero attached hydrogens (tertiary/aromatic N) is 4. The van der Waals surface area contributed by atoms with E-state index >= 15 is 0 Å². The van der Waals surface area contributed by atoms with Gasteiger partial charge < -0.3 is 39.9 Å². The number of imidazole rings is 2. The van der Waals surface area contributed by atoms with E-state index in [1.807, 2.05) is 36.0 Å². The second-order valence-corrected chi connectivity index (χ2v) is 15.4. The number of aromatic nitrogens is 4. The highest BCUT2D eigenvalue weighted by Gasteiger charge is 2.39. The number of hydrogen-bond donors (Lipinski definition) is 4. The lowest BCUT2D eigenvalue weighted by atomic mass is 9.85. The van der Waals surface area contributed by atoms with Crippen molar-refractivity contribution < 1.29 is 28.7 Å². The molecule has 1 saturated carbocycles. The van der Waals surface area contributed by atoms with Gasteiger partial charge in [0.15, 0.2) is 0 Å². The number of hydrogen-bond acceptors (Lipinski definition) is 8. The molecular formula is C42H52N8O6. The van der Waals surface area contributed by atoms with Crippen LogP contribution in [0.3, 0.4) is 0 Å². The van der Waals surface area contributed by atoms with Crippen molar-refractivity contribution in [3.8, 4) is 33.6 Å². The normalized spacial score (nSPS) is 21.5. The number of carbonyl (C=O) groups excluding carboxylic acids is 4. The van der Waals surface area contributed by atoms with Gasteiger partial charge in [0.05, 0.1) is 50.1 Å². The second-order valence-electron chi connectivity index (χ2n) is 15.4. The number of alkyl carbamates (subject to hydrolysis) is 2. The Hall–Kier alpha value is -5.66. The van der Waals surface area contributed by atoms with Gasteiger partial charge in [-0.15, -0.1) is 0 Å². The number of likely N-dealkylation sites (tertiary alicyclic amines) is 2. The van der Waals surface area contributed by atoms with Gasteiger partial charge in [0.1, 0.15) is 17.7 Å². The lowest BCUT2D eigenvalue weighted by molar-refractivity contribution is -0.138. The van der Waals surface area contributed by atoms with Crippen LogP contribution in [0.5, 0.6) is 0 Å². The molecule has 4 N–H and O–H groups in total. The Balaban J connectivity index is 0.966. The molecule has 2 aliphatic heterocycles. The molecule has 296 valence electrons. The van der Waals surface area contributed by atoms with Crippen LogP contribution in [0.15, 0.2) is 60.9 Å². The highest BCUT2D eigenvalue weighted by molar-refractivity contribution is 5.86. The van der Waals surface area contributed by atoms with Crippen LogP contribution in [0.4, 0.5) is 9.59 Å². The van der Waals surface area contributed by atoms with E-state index in [-0.39, 0.29) is 41.8 Å². The maximum absolute atomic E-state index is 13.6. The highest BCUT2D eigenvalue weighted by Crippen LogP contribution is 2.37.